The largest absolute Gasteiger partial charge is 0.486 e. The van der Waals surface area contributed by atoms with Crippen molar-refractivity contribution >= 4 is 15.9 Å². The summed E-state index contributed by atoms with van der Waals surface area (Å²) in [6, 6.07) is 5.06. The third-order valence-corrected chi connectivity index (χ3v) is 6.37. The van der Waals surface area contributed by atoms with Gasteiger partial charge in [-0.1, -0.05) is 0 Å². The van der Waals surface area contributed by atoms with Crippen molar-refractivity contribution in [1.82, 2.24) is 9.62 Å². The van der Waals surface area contributed by atoms with E-state index >= 15 is 0 Å². The highest BCUT2D eigenvalue weighted by Gasteiger charge is 2.28. The second kappa shape index (κ2) is 8.24. The van der Waals surface area contributed by atoms with Gasteiger partial charge < -0.3 is 19.5 Å². The van der Waals surface area contributed by atoms with Crippen LogP contribution in [0.25, 0.3) is 0 Å². The minimum absolute atomic E-state index is 0.0161. The van der Waals surface area contributed by atoms with Crippen molar-refractivity contribution < 1.29 is 27.4 Å². The Labute approximate surface area is 153 Å². The first kappa shape index (κ1) is 18.9. The van der Waals surface area contributed by atoms with Crippen LogP contribution in [0, 0.1) is 0 Å². The number of methoxy groups -OCH3 is 1. The molecule has 0 aromatic heterocycles. The van der Waals surface area contributed by atoms with Gasteiger partial charge in [-0.05, 0) is 31.0 Å². The van der Waals surface area contributed by atoms with Crippen LogP contribution < -0.4 is 14.8 Å². The zero-order chi connectivity index (χ0) is 18.6. The fourth-order valence-electron chi connectivity index (χ4n) is 3.05. The molecule has 2 aliphatic heterocycles. The van der Waals surface area contributed by atoms with Gasteiger partial charge in [-0.15, -0.1) is 0 Å². The number of carbonyl (C=O) groups is 1. The number of nitrogens with one attached hydrogen (secondary N) is 1. The van der Waals surface area contributed by atoms with Gasteiger partial charge >= 0.3 is 0 Å². The first-order valence-electron chi connectivity index (χ1n) is 8.67. The molecule has 2 heterocycles. The van der Waals surface area contributed by atoms with Crippen LogP contribution in [0.3, 0.4) is 0 Å². The van der Waals surface area contributed by atoms with E-state index in [0.717, 1.165) is 0 Å². The molecule has 0 aliphatic carbocycles. The number of hydrogen-bond donors (Lipinski definition) is 1. The van der Waals surface area contributed by atoms with Crippen molar-refractivity contribution in [2.75, 3.05) is 45.8 Å². The quantitative estimate of drug-likeness (QED) is 0.773. The molecule has 144 valence electrons. The van der Waals surface area contributed by atoms with Gasteiger partial charge in [-0.2, -0.15) is 0 Å². The Balaban J connectivity index is 1.54. The topological polar surface area (TPSA) is 94.2 Å². The van der Waals surface area contributed by atoms with Crippen LogP contribution in [0.1, 0.15) is 23.2 Å². The molecule has 0 radical (unpaired) electrons. The monoisotopic (exact) mass is 384 g/mol. The van der Waals surface area contributed by atoms with Crippen molar-refractivity contribution in [3.63, 3.8) is 0 Å². The van der Waals surface area contributed by atoms with Crippen molar-refractivity contribution in [1.29, 1.82) is 0 Å². The third-order valence-electron chi connectivity index (χ3n) is 4.53. The van der Waals surface area contributed by atoms with Crippen LogP contribution in [-0.4, -0.2) is 70.4 Å². The lowest BCUT2D eigenvalue weighted by atomic mass is 10.1. The van der Waals surface area contributed by atoms with Gasteiger partial charge in [0.1, 0.15) is 13.2 Å². The van der Waals surface area contributed by atoms with Gasteiger partial charge in [0.2, 0.25) is 10.0 Å². The SMILES string of the molecule is COCCS(=O)(=O)N1CCC(NC(=O)c2ccc3c(c2)OCCO3)CC1. The van der Waals surface area contributed by atoms with Crippen LogP contribution in [0.4, 0.5) is 0 Å². The fourth-order valence-corrected chi connectivity index (χ4v) is 4.45. The maximum Gasteiger partial charge on any atom is 0.251 e. The summed E-state index contributed by atoms with van der Waals surface area (Å²) in [7, 11) is -1.81. The summed E-state index contributed by atoms with van der Waals surface area (Å²) in [4.78, 5) is 12.5. The standard InChI is InChI=1S/C17H24N2O6S/c1-23-10-11-26(21,22)19-6-4-14(5-7-19)18-17(20)13-2-3-15-16(12-13)25-9-8-24-15/h2-3,12,14H,4-11H2,1H3,(H,18,20). The molecular formula is C17H24N2O6S. The van der Waals surface area contributed by atoms with Gasteiger partial charge in [-0.25, -0.2) is 12.7 Å². The Hall–Kier alpha value is -1.84. The van der Waals surface area contributed by atoms with Crippen LogP contribution in [0.2, 0.25) is 0 Å². The Kier molecular flexibility index (Phi) is 6.00. The van der Waals surface area contributed by atoms with E-state index in [2.05, 4.69) is 5.32 Å². The number of rotatable bonds is 6. The number of piperidine rings is 1. The highest BCUT2D eigenvalue weighted by Crippen LogP contribution is 2.30. The van der Waals surface area contributed by atoms with Crippen LogP contribution in [-0.2, 0) is 14.8 Å². The van der Waals surface area contributed by atoms with Crippen LogP contribution in [0.15, 0.2) is 18.2 Å². The zero-order valence-electron chi connectivity index (χ0n) is 14.8. The minimum Gasteiger partial charge on any atom is -0.486 e. The van der Waals surface area contributed by atoms with E-state index in [1.807, 2.05) is 0 Å². The molecule has 9 heteroatoms. The predicted molar refractivity (Wildman–Crippen MR) is 95.2 cm³/mol. The van der Waals surface area contributed by atoms with Gasteiger partial charge in [0, 0.05) is 31.8 Å². The average molecular weight is 384 g/mol. The first-order chi connectivity index (χ1) is 12.5. The summed E-state index contributed by atoms with van der Waals surface area (Å²) in [6.45, 7) is 1.96. The maximum atomic E-state index is 12.5. The maximum absolute atomic E-state index is 12.5. The highest BCUT2D eigenvalue weighted by molar-refractivity contribution is 7.89. The average Bonchev–Trinajstić information content (AvgIpc) is 2.66. The number of fused-ring (bicyclic) bond motifs is 1. The predicted octanol–water partition coefficient (Wildman–Crippen LogP) is 0.628. The molecular weight excluding hydrogens is 360 g/mol. The Bertz CT molecular complexity index is 744. The highest BCUT2D eigenvalue weighted by atomic mass is 32.2. The molecule has 3 rings (SSSR count). The van der Waals surface area contributed by atoms with Crippen LogP contribution >= 0.6 is 0 Å². The van der Waals surface area contributed by atoms with Gasteiger partial charge in [0.15, 0.2) is 11.5 Å². The Morgan fingerprint density at radius 2 is 1.92 bits per heavy atom. The molecule has 1 N–H and O–H groups in total. The molecule has 1 amide bonds. The minimum atomic E-state index is -3.29. The molecule has 0 spiro atoms. The van der Waals surface area contributed by atoms with E-state index in [4.69, 9.17) is 14.2 Å². The van der Waals surface area contributed by atoms with E-state index in [1.165, 1.54) is 11.4 Å². The van der Waals surface area contributed by atoms with Gasteiger partial charge in [0.25, 0.3) is 5.91 Å². The zero-order valence-corrected chi connectivity index (χ0v) is 15.6. The number of ether oxygens (including phenoxy) is 3. The van der Waals surface area contributed by atoms with Crippen molar-refractivity contribution in [3.8, 4) is 11.5 Å². The number of nitrogens with zero attached hydrogens (tertiary/aromatic N) is 1. The molecule has 1 aromatic carbocycles. The van der Waals surface area contributed by atoms with E-state index in [0.29, 0.717) is 56.2 Å². The summed E-state index contributed by atoms with van der Waals surface area (Å²) < 4.78 is 41.6. The molecule has 1 fully saturated rings. The lowest BCUT2D eigenvalue weighted by Crippen LogP contribution is -2.47. The molecule has 0 bridgehead atoms. The molecule has 0 saturated carbocycles. The van der Waals surface area contributed by atoms with E-state index in [9.17, 15) is 13.2 Å². The molecule has 1 aromatic rings. The lowest BCUT2D eigenvalue weighted by molar-refractivity contribution is 0.0922. The normalized spacial score (nSPS) is 18.5. The summed E-state index contributed by atoms with van der Waals surface area (Å²) >= 11 is 0. The second-order valence-electron chi connectivity index (χ2n) is 6.31. The number of amides is 1. The van der Waals surface area contributed by atoms with Crippen molar-refractivity contribution in [3.05, 3.63) is 23.8 Å². The lowest BCUT2D eigenvalue weighted by Gasteiger charge is -2.31. The summed E-state index contributed by atoms with van der Waals surface area (Å²) in [6.07, 6.45) is 1.17. The number of sulfonamides is 1. The smallest absolute Gasteiger partial charge is 0.251 e. The Morgan fingerprint density at radius 1 is 1.23 bits per heavy atom. The fraction of sp³-hybridized carbons (Fsp3) is 0.588. The van der Waals surface area contributed by atoms with E-state index in [1.54, 1.807) is 18.2 Å². The molecule has 8 nitrogen and oxygen atoms in total. The van der Waals surface area contributed by atoms with E-state index in [-0.39, 0.29) is 24.3 Å². The first-order valence-corrected chi connectivity index (χ1v) is 10.3. The molecule has 26 heavy (non-hydrogen) atoms. The number of benzene rings is 1. The molecule has 1 saturated heterocycles. The van der Waals surface area contributed by atoms with Gasteiger partial charge in [0.05, 0.1) is 12.4 Å². The van der Waals surface area contributed by atoms with Crippen molar-refractivity contribution in [2.24, 2.45) is 0 Å². The van der Waals surface area contributed by atoms with Gasteiger partial charge in [-0.3, -0.25) is 4.79 Å². The summed E-state index contributed by atoms with van der Waals surface area (Å²) in [5.41, 5.74) is 0.504. The molecule has 2 aliphatic rings. The third kappa shape index (κ3) is 4.46. The Morgan fingerprint density at radius 3 is 2.62 bits per heavy atom. The number of hydrogen-bond acceptors (Lipinski definition) is 6. The van der Waals surface area contributed by atoms with E-state index < -0.39 is 10.0 Å². The summed E-state index contributed by atoms with van der Waals surface area (Å²) in [5, 5.41) is 2.98. The molecule has 0 atom stereocenters. The second-order valence-corrected chi connectivity index (χ2v) is 8.40. The molecule has 0 unspecified atom stereocenters. The number of carbonyl (C=O) groups excluding carboxylic acids is 1. The van der Waals surface area contributed by atoms with Crippen LogP contribution in [0.5, 0.6) is 11.5 Å². The summed E-state index contributed by atoms with van der Waals surface area (Å²) in [5.74, 6) is 1.01. The van der Waals surface area contributed by atoms with Crippen molar-refractivity contribution in [2.45, 2.75) is 18.9 Å².